The summed E-state index contributed by atoms with van der Waals surface area (Å²) in [5.74, 6) is -0.276. The number of carbonyl (C=O) groups excluding carboxylic acids is 1. The van der Waals surface area contributed by atoms with E-state index >= 15 is 0 Å². The Morgan fingerprint density at radius 2 is 1.95 bits per heavy atom. The molecule has 0 aliphatic heterocycles. The number of halogens is 2. The van der Waals surface area contributed by atoms with E-state index in [2.05, 4.69) is 39.3 Å². The molecule has 0 spiro atoms. The average Bonchev–Trinajstić information content (AvgIpc) is 2.49. The Morgan fingerprint density at radius 3 is 2.64 bits per heavy atom. The first-order chi connectivity index (χ1) is 10.5. The lowest BCUT2D eigenvalue weighted by Crippen LogP contribution is -2.27. The van der Waals surface area contributed by atoms with Crippen LogP contribution in [0, 0.1) is 10.5 Å². The average molecular weight is 431 g/mol. The smallest absolute Gasteiger partial charge is 0.253 e. The molecule has 0 bridgehead atoms. The maximum Gasteiger partial charge on any atom is 0.253 e. The molecule has 116 valence electrons. The first-order valence-electron chi connectivity index (χ1n) is 6.73. The number of amides is 1. The molecule has 0 aliphatic rings. The van der Waals surface area contributed by atoms with Crippen LogP contribution >= 0.6 is 34.2 Å². The molecule has 2 aromatic rings. The summed E-state index contributed by atoms with van der Waals surface area (Å²) >= 11 is 8.25. The van der Waals surface area contributed by atoms with Crippen LogP contribution in [-0.2, 0) is 0 Å². The van der Waals surface area contributed by atoms with Crippen LogP contribution in [0.3, 0.4) is 0 Å². The fourth-order valence-electron chi connectivity index (χ4n) is 1.99. The van der Waals surface area contributed by atoms with Gasteiger partial charge in [0.1, 0.15) is 0 Å². The van der Waals surface area contributed by atoms with Gasteiger partial charge < -0.3 is 15.7 Å². The highest BCUT2D eigenvalue weighted by molar-refractivity contribution is 14.1. The molecule has 4 nitrogen and oxygen atoms in total. The van der Waals surface area contributed by atoms with Crippen molar-refractivity contribution in [3.05, 3.63) is 56.1 Å². The lowest BCUT2D eigenvalue weighted by Gasteiger charge is -2.14. The fraction of sp³-hybridized carbons (Fsp3) is 0.188. The minimum Gasteiger partial charge on any atom is -0.395 e. The molecule has 1 amide bonds. The van der Waals surface area contributed by atoms with E-state index in [1.807, 2.05) is 19.1 Å². The largest absolute Gasteiger partial charge is 0.395 e. The highest BCUT2D eigenvalue weighted by Gasteiger charge is 2.12. The third-order valence-corrected chi connectivity index (χ3v) is 3.99. The quantitative estimate of drug-likeness (QED) is 0.634. The van der Waals surface area contributed by atoms with Gasteiger partial charge >= 0.3 is 0 Å². The van der Waals surface area contributed by atoms with Crippen molar-refractivity contribution in [2.24, 2.45) is 0 Å². The van der Waals surface area contributed by atoms with Crippen molar-refractivity contribution in [1.29, 1.82) is 0 Å². The lowest BCUT2D eigenvalue weighted by molar-refractivity contribution is 0.0945. The Bertz CT molecular complexity index is 692. The van der Waals surface area contributed by atoms with E-state index in [4.69, 9.17) is 16.7 Å². The first-order valence-corrected chi connectivity index (χ1v) is 8.18. The van der Waals surface area contributed by atoms with Crippen molar-refractivity contribution < 1.29 is 9.90 Å². The standard InChI is InChI=1S/C16H16ClIN2O2/c1-10-8-12(18)3-5-14(10)20-15-4-2-11(17)9-13(15)16(22)19-6-7-21/h2-5,8-9,20-21H,6-7H2,1H3,(H,19,22). The van der Waals surface area contributed by atoms with E-state index in [-0.39, 0.29) is 19.1 Å². The topological polar surface area (TPSA) is 61.4 Å². The summed E-state index contributed by atoms with van der Waals surface area (Å²) in [7, 11) is 0. The third-order valence-electron chi connectivity index (χ3n) is 3.08. The van der Waals surface area contributed by atoms with Crippen LogP contribution in [-0.4, -0.2) is 24.2 Å². The van der Waals surface area contributed by atoms with E-state index in [0.717, 1.165) is 14.8 Å². The fourth-order valence-corrected chi connectivity index (χ4v) is 2.81. The number of aliphatic hydroxyl groups is 1. The molecule has 6 heteroatoms. The molecular formula is C16H16ClIN2O2. The van der Waals surface area contributed by atoms with Gasteiger partial charge in [0.25, 0.3) is 5.91 Å². The van der Waals surface area contributed by atoms with Gasteiger partial charge in [-0.15, -0.1) is 0 Å². The van der Waals surface area contributed by atoms with Crippen LogP contribution in [0.5, 0.6) is 0 Å². The van der Waals surface area contributed by atoms with Crippen molar-refractivity contribution in [1.82, 2.24) is 5.32 Å². The van der Waals surface area contributed by atoms with E-state index in [1.54, 1.807) is 18.2 Å². The van der Waals surface area contributed by atoms with Crippen LogP contribution in [0.25, 0.3) is 0 Å². The minimum absolute atomic E-state index is 0.106. The molecule has 0 saturated carbocycles. The molecule has 0 aromatic heterocycles. The highest BCUT2D eigenvalue weighted by atomic mass is 127. The number of anilines is 2. The molecule has 0 saturated heterocycles. The number of aliphatic hydroxyl groups excluding tert-OH is 1. The zero-order chi connectivity index (χ0) is 16.1. The molecule has 0 aliphatic carbocycles. The Hall–Kier alpha value is -1.31. The van der Waals surface area contributed by atoms with Gasteiger partial charge in [-0.25, -0.2) is 0 Å². The summed E-state index contributed by atoms with van der Waals surface area (Å²) in [6, 6.07) is 11.1. The van der Waals surface area contributed by atoms with E-state index < -0.39 is 0 Å². The maximum absolute atomic E-state index is 12.2. The van der Waals surface area contributed by atoms with Gasteiger partial charge in [-0.2, -0.15) is 0 Å². The summed E-state index contributed by atoms with van der Waals surface area (Å²) in [5, 5.41) is 15.2. The number of carbonyl (C=O) groups is 1. The highest BCUT2D eigenvalue weighted by Crippen LogP contribution is 2.27. The van der Waals surface area contributed by atoms with Gasteiger partial charge in [0.15, 0.2) is 0 Å². The minimum atomic E-state index is -0.276. The summed E-state index contributed by atoms with van der Waals surface area (Å²) < 4.78 is 1.15. The normalized spacial score (nSPS) is 10.4. The van der Waals surface area contributed by atoms with Crippen molar-refractivity contribution in [2.75, 3.05) is 18.5 Å². The van der Waals surface area contributed by atoms with Gasteiger partial charge in [0.05, 0.1) is 17.9 Å². The predicted molar refractivity (Wildman–Crippen MR) is 98.0 cm³/mol. The van der Waals surface area contributed by atoms with Crippen molar-refractivity contribution >= 4 is 51.5 Å². The lowest BCUT2D eigenvalue weighted by atomic mass is 10.1. The van der Waals surface area contributed by atoms with E-state index in [1.165, 1.54) is 0 Å². The van der Waals surface area contributed by atoms with Crippen molar-refractivity contribution in [3.63, 3.8) is 0 Å². The molecule has 2 rings (SSSR count). The van der Waals surface area contributed by atoms with Gasteiger partial charge in [0, 0.05) is 20.8 Å². The number of nitrogens with one attached hydrogen (secondary N) is 2. The Morgan fingerprint density at radius 1 is 1.23 bits per heavy atom. The van der Waals surface area contributed by atoms with Gasteiger partial charge in [-0.1, -0.05) is 11.6 Å². The number of hydrogen-bond acceptors (Lipinski definition) is 3. The summed E-state index contributed by atoms with van der Waals surface area (Å²) in [4.78, 5) is 12.2. The van der Waals surface area contributed by atoms with Crippen LogP contribution < -0.4 is 10.6 Å². The molecule has 2 aromatic carbocycles. The van der Waals surface area contributed by atoms with Gasteiger partial charge in [-0.05, 0) is 71.5 Å². The maximum atomic E-state index is 12.2. The molecule has 0 radical (unpaired) electrons. The second kappa shape index (κ2) is 7.80. The zero-order valence-electron chi connectivity index (χ0n) is 12.0. The second-order valence-electron chi connectivity index (χ2n) is 4.75. The SMILES string of the molecule is Cc1cc(I)ccc1Nc1ccc(Cl)cc1C(=O)NCCO. The zero-order valence-corrected chi connectivity index (χ0v) is 14.9. The van der Waals surface area contributed by atoms with Gasteiger partial charge in [0.2, 0.25) is 0 Å². The Balaban J connectivity index is 2.32. The predicted octanol–water partition coefficient (Wildman–Crippen LogP) is 3.72. The third kappa shape index (κ3) is 4.34. The molecule has 0 heterocycles. The number of aryl methyl sites for hydroxylation is 1. The molecule has 0 atom stereocenters. The molecular weight excluding hydrogens is 415 g/mol. The second-order valence-corrected chi connectivity index (χ2v) is 6.44. The summed E-state index contributed by atoms with van der Waals surface area (Å²) in [5.41, 5.74) is 3.13. The summed E-state index contributed by atoms with van der Waals surface area (Å²) in [6.45, 7) is 2.10. The molecule has 22 heavy (non-hydrogen) atoms. The number of benzene rings is 2. The van der Waals surface area contributed by atoms with E-state index in [9.17, 15) is 4.79 Å². The number of rotatable bonds is 5. The Kier molecular flexibility index (Phi) is 6.05. The molecule has 0 unspecified atom stereocenters. The van der Waals surface area contributed by atoms with Crippen LogP contribution in [0.1, 0.15) is 15.9 Å². The monoisotopic (exact) mass is 430 g/mol. The summed E-state index contributed by atoms with van der Waals surface area (Å²) in [6.07, 6.45) is 0. The van der Waals surface area contributed by atoms with Crippen LogP contribution in [0.4, 0.5) is 11.4 Å². The first kappa shape index (κ1) is 17.1. The molecule has 3 N–H and O–H groups in total. The van der Waals surface area contributed by atoms with Crippen molar-refractivity contribution in [2.45, 2.75) is 6.92 Å². The van der Waals surface area contributed by atoms with Crippen LogP contribution in [0.2, 0.25) is 5.02 Å². The van der Waals surface area contributed by atoms with Crippen LogP contribution in [0.15, 0.2) is 36.4 Å². The van der Waals surface area contributed by atoms with Crippen molar-refractivity contribution in [3.8, 4) is 0 Å². The van der Waals surface area contributed by atoms with E-state index in [0.29, 0.717) is 16.3 Å². The van der Waals surface area contributed by atoms with Gasteiger partial charge in [-0.3, -0.25) is 4.79 Å². The Labute approximate surface area is 148 Å². The number of hydrogen-bond donors (Lipinski definition) is 3. The molecule has 0 fully saturated rings.